The van der Waals surface area contributed by atoms with Gasteiger partial charge < -0.3 is 10.1 Å². The minimum atomic E-state index is -0.190. The van der Waals surface area contributed by atoms with Crippen LogP contribution in [-0.2, 0) is 11.8 Å². The lowest BCUT2D eigenvalue weighted by atomic mass is 10.2. The number of ether oxygens (including phenoxy) is 1. The highest BCUT2D eigenvalue weighted by atomic mass is 16.5. The second-order valence-corrected chi connectivity index (χ2v) is 5.14. The van der Waals surface area contributed by atoms with Gasteiger partial charge in [0.15, 0.2) is 6.61 Å². The predicted molar refractivity (Wildman–Crippen MR) is 86.0 cm³/mol. The van der Waals surface area contributed by atoms with Crippen molar-refractivity contribution in [2.75, 3.05) is 11.9 Å². The number of hydrogen-bond donors (Lipinski definition) is 1. The van der Waals surface area contributed by atoms with E-state index < -0.39 is 0 Å². The molecule has 0 saturated carbocycles. The van der Waals surface area contributed by atoms with Crippen LogP contribution in [-0.4, -0.2) is 22.3 Å². The number of para-hydroxylation sites is 1. The van der Waals surface area contributed by atoms with E-state index in [0.29, 0.717) is 0 Å². The summed E-state index contributed by atoms with van der Waals surface area (Å²) in [5, 5.41) is 8.06. The normalized spacial score (nSPS) is 10.6. The summed E-state index contributed by atoms with van der Waals surface area (Å²) < 4.78 is 7.31. The Morgan fingerprint density at radius 1 is 1.27 bits per heavy atom. The summed E-state index contributed by atoms with van der Waals surface area (Å²) in [6.45, 7) is 1.93. The van der Waals surface area contributed by atoms with Gasteiger partial charge in [0.25, 0.3) is 5.91 Å². The van der Waals surface area contributed by atoms with E-state index in [2.05, 4.69) is 10.4 Å². The van der Waals surface area contributed by atoms with E-state index >= 15 is 0 Å². The number of rotatable bonds is 4. The number of nitrogens with zero attached hydrogens (tertiary/aromatic N) is 2. The Balaban J connectivity index is 1.65. The highest BCUT2D eigenvalue weighted by Crippen LogP contribution is 2.19. The fraction of sp³-hybridized carbons (Fsp3) is 0.176. The van der Waals surface area contributed by atoms with E-state index in [1.54, 1.807) is 10.9 Å². The molecule has 0 aliphatic rings. The fourth-order valence-electron chi connectivity index (χ4n) is 2.28. The second-order valence-electron chi connectivity index (χ2n) is 5.14. The molecule has 2 aromatic carbocycles. The highest BCUT2D eigenvalue weighted by Gasteiger charge is 2.07. The first-order valence-corrected chi connectivity index (χ1v) is 7.03. The summed E-state index contributed by atoms with van der Waals surface area (Å²) in [5.74, 6) is 0.532. The minimum absolute atomic E-state index is 0.0196. The molecule has 0 aliphatic heterocycles. The number of carbonyl (C=O) groups is 1. The number of fused-ring (bicyclic) bond motifs is 1. The number of amides is 1. The topological polar surface area (TPSA) is 56.1 Å². The summed E-state index contributed by atoms with van der Waals surface area (Å²) in [5.41, 5.74) is 2.71. The Hall–Kier alpha value is -2.82. The molecular formula is C17H17N3O2. The summed E-state index contributed by atoms with van der Waals surface area (Å²) >= 11 is 0. The van der Waals surface area contributed by atoms with E-state index in [0.717, 1.165) is 27.9 Å². The molecule has 0 unspecified atom stereocenters. The van der Waals surface area contributed by atoms with Gasteiger partial charge in [-0.25, -0.2) is 0 Å². The van der Waals surface area contributed by atoms with Gasteiger partial charge in [-0.2, -0.15) is 5.10 Å². The van der Waals surface area contributed by atoms with Crippen LogP contribution in [0, 0.1) is 6.92 Å². The van der Waals surface area contributed by atoms with Gasteiger partial charge in [-0.3, -0.25) is 9.48 Å². The maximum absolute atomic E-state index is 12.0. The van der Waals surface area contributed by atoms with Crippen LogP contribution in [0.15, 0.2) is 48.7 Å². The van der Waals surface area contributed by atoms with Crippen molar-refractivity contribution in [3.63, 3.8) is 0 Å². The average Bonchev–Trinajstić information content (AvgIpc) is 2.88. The van der Waals surface area contributed by atoms with Crippen LogP contribution in [0.25, 0.3) is 10.9 Å². The second kappa shape index (κ2) is 5.89. The zero-order chi connectivity index (χ0) is 15.5. The van der Waals surface area contributed by atoms with Crippen molar-refractivity contribution >= 4 is 22.5 Å². The zero-order valence-electron chi connectivity index (χ0n) is 12.5. The molecule has 5 nitrogen and oxygen atoms in total. The summed E-state index contributed by atoms with van der Waals surface area (Å²) in [6, 6.07) is 13.3. The molecule has 0 atom stereocenters. The number of hydrogen-bond acceptors (Lipinski definition) is 3. The number of aryl methyl sites for hydroxylation is 2. The first-order valence-electron chi connectivity index (χ1n) is 7.03. The van der Waals surface area contributed by atoms with Gasteiger partial charge in [-0.05, 0) is 36.8 Å². The number of carbonyl (C=O) groups excluding carboxylic acids is 1. The van der Waals surface area contributed by atoms with Crippen molar-refractivity contribution in [1.29, 1.82) is 0 Å². The van der Waals surface area contributed by atoms with Gasteiger partial charge in [0.1, 0.15) is 5.75 Å². The van der Waals surface area contributed by atoms with Crippen LogP contribution in [0.4, 0.5) is 5.69 Å². The van der Waals surface area contributed by atoms with Crippen molar-refractivity contribution in [2.24, 2.45) is 7.05 Å². The lowest BCUT2D eigenvalue weighted by Gasteiger charge is -2.09. The molecular weight excluding hydrogens is 278 g/mol. The molecule has 0 radical (unpaired) electrons. The van der Waals surface area contributed by atoms with Gasteiger partial charge in [0.2, 0.25) is 0 Å². The molecule has 3 aromatic rings. The van der Waals surface area contributed by atoms with Gasteiger partial charge in [0.05, 0.1) is 11.7 Å². The van der Waals surface area contributed by atoms with E-state index in [9.17, 15) is 4.79 Å². The molecule has 22 heavy (non-hydrogen) atoms. The van der Waals surface area contributed by atoms with E-state index in [4.69, 9.17) is 4.74 Å². The van der Waals surface area contributed by atoms with Crippen LogP contribution in [0.5, 0.6) is 5.75 Å². The fourth-order valence-corrected chi connectivity index (χ4v) is 2.28. The Morgan fingerprint density at radius 2 is 2.09 bits per heavy atom. The third-order valence-corrected chi connectivity index (χ3v) is 3.49. The van der Waals surface area contributed by atoms with Crippen LogP contribution < -0.4 is 10.1 Å². The van der Waals surface area contributed by atoms with Crippen LogP contribution in [0.3, 0.4) is 0 Å². The molecule has 0 fully saturated rings. The summed E-state index contributed by atoms with van der Waals surface area (Å²) in [6.07, 6.45) is 1.79. The maximum Gasteiger partial charge on any atom is 0.262 e. The van der Waals surface area contributed by atoms with Gasteiger partial charge in [0, 0.05) is 18.1 Å². The molecule has 3 rings (SSSR count). The molecule has 1 amide bonds. The number of anilines is 1. The first kappa shape index (κ1) is 14.1. The quantitative estimate of drug-likeness (QED) is 0.805. The Bertz CT molecular complexity index is 824. The average molecular weight is 295 g/mol. The minimum Gasteiger partial charge on any atom is -0.483 e. The molecule has 112 valence electrons. The molecule has 1 heterocycles. The van der Waals surface area contributed by atoms with Crippen LogP contribution in [0.1, 0.15) is 5.56 Å². The van der Waals surface area contributed by atoms with Gasteiger partial charge >= 0.3 is 0 Å². The molecule has 1 aromatic heterocycles. The Morgan fingerprint density at radius 3 is 2.91 bits per heavy atom. The third-order valence-electron chi connectivity index (χ3n) is 3.49. The molecule has 0 spiro atoms. The monoisotopic (exact) mass is 295 g/mol. The molecule has 0 saturated heterocycles. The van der Waals surface area contributed by atoms with Crippen molar-refractivity contribution in [1.82, 2.24) is 9.78 Å². The smallest absolute Gasteiger partial charge is 0.262 e. The lowest BCUT2D eigenvalue weighted by molar-refractivity contribution is -0.118. The lowest BCUT2D eigenvalue weighted by Crippen LogP contribution is -2.20. The zero-order valence-corrected chi connectivity index (χ0v) is 12.5. The maximum atomic E-state index is 12.0. The first-order chi connectivity index (χ1) is 10.6. The largest absolute Gasteiger partial charge is 0.483 e. The van der Waals surface area contributed by atoms with Gasteiger partial charge in [-0.1, -0.05) is 18.2 Å². The SMILES string of the molecule is Cc1ccccc1OCC(=O)Nc1ccc2cnn(C)c2c1. The Kier molecular flexibility index (Phi) is 3.78. The predicted octanol–water partition coefficient (Wildman–Crippen LogP) is 2.90. The van der Waals surface area contributed by atoms with E-state index in [1.165, 1.54) is 0 Å². The van der Waals surface area contributed by atoms with E-state index in [-0.39, 0.29) is 12.5 Å². The summed E-state index contributed by atoms with van der Waals surface area (Å²) in [4.78, 5) is 12.0. The third kappa shape index (κ3) is 2.93. The van der Waals surface area contributed by atoms with Crippen molar-refractivity contribution in [3.05, 3.63) is 54.2 Å². The summed E-state index contributed by atoms with van der Waals surface area (Å²) in [7, 11) is 1.87. The Labute approximate surface area is 128 Å². The molecule has 0 bridgehead atoms. The van der Waals surface area contributed by atoms with Crippen molar-refractivity contribution in [3.8, 4) is 5.75 Å². The van der Waals surface area contributed by atoms with Crippen LogP contribution >= 0.6 is 0 Å². The standard InChI is InChI=1S/C17H17N3O2/c1-12-5-3-4-6-16(12)22-11-17(21)19-14-8-7-13-10-18-20(2)15(13)9-14/h3-10H,11H2,1-2H3,(H,19,21). The molecule has 5 heteroatoms. The number of benzene rings is 2. The van der Waals surface area contributed by atoms with E-state index in [1.807, 2.05) is 56.4 Å². The van der Waals surface area contributed by atoms with Crippen molar-refractivity contribution in [2.45, 2.75) is 6.92 Å². The number of nitrogens with one attached hydrogen (secondary N) is 1. The van der Waals surface area contributed by atoms with Crippen LogP contribution in [0.2, 0.25) is 0 Å². The number of aromatic nitrogens is 2. The molecule has 0 aliphatic carbocycles. The van der Waals surface area contributed by atoms with Gasteiger partial charge in [-0.15, -0.1) is 0 Å². The van der Waals surface area contributed by atoms with Crippen molar-refractivity contribution < 1.29 is 9.53 Å². The molecule has 1 N–H and O–H groups in total. The highest BCUT2D eigenvalue weighted by molar-refractivity contribution is 5.94.